The number of likely N-dealkylation sites (tertiary alicyclic amines) is 1. The van der Waals surface area contributed by atoms with Gasteiger partial charge in [0.15, 0.2) is 0 Å². The maximum Gasteiger partial charge on any atom is 0.226 e. The molecular weight excluding hydrogens is 384 g/mol. The van der Waals surface area contributed by atoms with Gasteiger partial charge in [0.05, 0.1) is 16.7 Å². The molecule has 2 aromatic heterocycles. The monoisotopic (exact) mass is 412 g/mol. The minimum absolute atomic E-state index is 0.698. The summed E-state index contributed by atoms with van der Waals surface area (Å²) in [6.07, 6.45) is 8.40. The molecule has 1 saturated carbocycles. The molecule has 5 heteroatoms. The van der Waals surface area contributed by atoms with Crippen LogP contribution in [0, 0.1) is 5.92 Å². The van der Waals surface area contributed by atoms with Crippen LogP contribution in [0.3, 0.4) is 0 Å². The zero-order chi connectivity index (χ0) is 20.6. The van der Waals surface area contributed by atoms with Gasteiger partial charge < -0.3 is 8.98 Å². The average molecular weight is 413 g/mol. The molecule has 2 fully saturated rings. The second kappa shape index (κ2) is 7.97. The molecule has 1 aliphatic carbocycles. The van der Waals surface area contributed by atoms with Crippen molar-refractivity contribution in [2.24, 2.45) is 5.92 Å². The van der Waals surface area contributed by atoms with E-state index < -0.39 is 0 Å². The fraction of sp³-hybridized carbons (Fsp3) is 0.385. The summed E-state index contributed by atoms with van der Waals surface area (Å²) in [7, 11) is 0. The summed E-state index contributed by atoms with van der Waals surface area (Å²) in [6.45, 7) is 4.27. The van der Waals surface area contributed by atoms with Gasteiger partial charge in [0, 0.05) is 24.2 Å². The highest BCUT2D eigenvalue weighted by molar-refractivity contribution is 5.81. The number of fused-ring (bicyclic) bond motifs is 1. The van der Waals surface area contributed by atoms with E-state index in [1.807, 2.05) is 0 Å². The first-order valence-electron chi connectivity index (χ1n) is 11.6. The van der Waals surface area contributed by atoms with Crippen LogP contribution in [0.1, 0.15) is 37.8 Å². The third-order valence-electron chi connectivity index (χ3n) is 6.85. The highest BCUT2D eigenvalue weighted by Gasteiger charge is 2.22. The molecule has 3 heterocycles. The van der Waals surface area contributed by atoms with Crippen LogP contribution < -0.4 is 0 Å². The molecule has 6 rings (SSSR count). The van der Waals surface area contributed by atoms with Crippen molar-refractivity contribution in [1.82, 2.24) is 19.4 Å². The Balaban J connectivity index is 1.27. The predicted molar refractivity (Wildman–Crippen MR) is 123 cm³/mol. The maximum absolute atomic E-state index is 5.79. The van der Waals surface area contributed by atoms with Crippen molar-refractivity contribution in [3.63, 3.8) is 0 Å². The van der Waals surface area contributed by atoms with E-state index in [0.717, 1.165) is 47.2 Å². The Hall–Kier alpha value is -2.92. The lowest BCUT2D eigenvalue weighted by Crippen LogP contribution is -2.18. The number of hydrogen-bond acceptors (Lipinski definition) is 4. The van der Waals surface area contributed by atoms with Gasteiger partial charge in [0.25, 0.3) is 0 Å². The molecule has 0 unspecified atom stereocenters. The smallest absolute Gasteiger partial charge is 0.226 e. The van der Waals surface area contributed by atoms with Gasteiger partial charge >= 0.3 is 0 Å². The van der Waals surface area contributed by atoms with Crippen LogP contribution in [0.4, 0.5) is 0 Å². The van der Waals surface area contributed by atoms with Gasteiger partial charge in [-0.25, -0.2) is 9.97 Å². The van der Waals surface area contributed by atoms with Crippen LogP contribution in [0.2, 0.25) is 0 Å². The van der Waals surface area contributed by atoms with Gasteiger partial charge in [-0.15, -0.1) is 0 Å². The van der Waals surface area contributed by atoms with Crippen molar-refractivity contribution in [1.29, 1.82) is 0 Å². The molecule has 0 radical (unpaired) electrons. The van der Waals surface area contributed by atoms with Crippen molar-refractivity contribution in [3.05, 3.63) is 60.5 Å². The Kier molecular flexibility index (Phi) is 4.84. The number of benzene rings is 2. The number of nitrogens with zero attached hydrogens (tertiary/aromatic N) is 4. The second-order valence-electron chi connectivity index (χ2n) is 9.04. The van der Waals surface area contributed by atoms with Crippen molar-refractivity contribution in [3.8, 4) is 22.8 Å². The van der Waals surface area contributed by atoms with Gasteiger partial charge in [-0.1, -0.05) is 30.7 Å². The van der Waals surface area contributed by atoms with E-state index >= 15 is 0 Å². The van der Waals surface area contributed by atoms with E-state index in [2.05, 4.69) is 58.0 Å². The number of hydrogen-bond donors (Lipinski definition) is 0. The topological polar surface area (TPSA) is 47.1 Å². The molecule has 4 aromatic rings. The van der Waals surface area contributed by atoms with Gasteiger partial charge in [-0.3, -0.25) is 4.90 Å². The van der Waals surface area contributed by atoms with Crippen LogP contribution >= 0.6 is 0 Å². The van der Waals surface area contributed by atoms with Gasteiger partial charge in [0.2, 0.25) is 5.89 Å². The zero-order valence-corrected chi connectivity index (χ0v) is 17.8. The number of aromatic nitrogens is 3. The molecule has 0 atom stereocenters. The van der Waals surface area contributed by atoms with Crippen LogP contribution in [0.15, 0.2) is 59.2 Å². The number of oxazole rings is 1. The fourth-order valence-corrected chi connectivity index (χ4v) is 4.86. The number of para-hydroxylation sites is 2. The summed E-state index contributed by atoms with van der Waals surface area (Å²) in [5, 5.41) is 0. The summed E-state index contributed by atoms with van der Waals surface area (Å²) in [5.74, 6) is 2.53. The lowest BCUT2D eigenvalue weighted by Gasteiger charge is -2.26. The van der Waals surface area contributed by atoms with E-state index in [1.165, 1.54) is 50.7 Å². The minimum atomic E-state index is 0.698. The third kappa shape index (κ3) is 3.68. The first-order chi connectivity index (χ1) is 15.3. The quantitative estimate of drug-likeness (QED) is 0.404. The molecule has 0 N–H and O–H groups in total. The summed E-state index contributed by atoms with van der Waals surface area (Å²) in [6, 6.07) is 17.0. The SMILES string of the molecule is c1ccc2c(c1)nc(-c1ccc(-c3nc(CN4CCCC4)co3)cc1)n2CC1CCC1. The Morgan fingerprint density at radius 2 is 1.65 bits per heavy atom. The Labute approximate surface area is 182 Å². The number of imidazole rings is 1. The van der Waals surface area contributed by atoms with E-state index in [0.29, 0.717) is 5.89 Å². The summed E-state index contributed by atoms with van der Waals surface area (Å²) >= 11 is 0. The fourth-order valence-electron chi connectivity index (χ4n) is 4.86. The second-order valence-corrected chi connectivity index (χ2v) is 9.04. The molecular formula is C26H28N4O. The molecule has 1 aliphatic heterocycles. The first kappa shape index (κ1) is 18.8. The van der Waals surface area contributed by atoms with E-state index in [-0.39, 0.29) is 0 Å². The van der Waals surface area contributed by atoms with Crippen molar-refractivity contribution in [2.75, 3.05) is 13.1 Å². The lowest BCUT2D eigenvalue weighted by molar-refractivity contribution is 0.280. The maximum atomic E-state index is 5.79. The molecule has 2 aliphatic rings. The van der Waals surface area contributed by atoms with Crippen LogP contribution in [0.25, 0.3) is 33.9 Å². The number of rotatable bonds is 6. The largest absolute Gasteiger partial charge is 0.444 e. The molecule has 5 nitrogen and oxygen atoms in total. The summed E-state index contributed by atoms with van der Waals surface area (Å²) in [4.78, 5) is 12.1. The van der Waals surface area contributed by atoms with Gasteiger partial charge in [0.1, 0.15) is 12.1 Å². The highest BCUT2D eigenvalue weighted by Crippen LogP contribution is 2.33. The Morgan fingerprint density at radius 1 is 0.871 bits per heavy atom. The van der Waals surface area contributed by atoms with Gasteiger partial charge in [-0.05, 0) is 69.0 Å². The minimum Gasteiger partial charge on any atom is -0.444 e. The molecule has 2 aromatic carbocycles. The Morgan fingerprint density at radius 3 is 2.42 bits per heavy atom. The van der Waals surface area contributed by atoms with Crippen molar-refractivity contribution >= 4 is 11.0 Å². The first-order valence-corrected chi connectivity index (χ1v) is 11.6. The van der Waals surface area contributed by atoms with Crippen LogP contribution in [0.5, 0.6) is 0 Å². The van der Waals surface area contributed by atoms with E-state index in [1.54, 1.807) is 6.26 Å². The van der Waals surface area contributed by atoms with E-state index in [4.69, 9.17) is 14.4 Å². The highest BCUT2D eigenvalue weighted by atomic mass is 16.3. The lowest BCUT2D eigenvalue weighted by atomic mass is 9.85. The normalized spacial score (nSPS) is 17.4. The summed E-state index contributed by atoms with van der Waals surface area (Å²) in [5.41, 5.74) is 5.47. The molecule has 1 saturated heterocycles. The van der Waals surface area contributed by atoms with Crippen LogP contribution in [-0.4, -0.2) is 32.5 Å². The third-order valence-corrected chi connectivity index (χ3v) is 6.85. The molecule has 0 bridgehead atoms. The van der Waals surface area contributed by atoms with Crippen molar-refractivity contribution in [2.45, 2.75) is 45.2 Å². The van der Waals surface area contributed by atoms with Gasteiger partial charge in [-0.2, -0.15) is 0 Å². The predicted octanol–water partition coefficient (Wildman–Crippen LogP) is 5.75. The standard InChI is InChI=1S/C26H28N4O/c1-2-9-24-23(8-1)28-25(30(24)16-19-6-5-7-19)20-10-12-21(13-11-20)26-27-22(18-31-26)17-29-14-3-4-15-29/h1-2,8-13,18-19H,3-7,14-17H2. The summed E-state index contributed by atoms with van der Waals surface area (Å²) < 4.78 is 8.20. The zero-order valence-electron chi connectivity index (χ0n) is 17.8. The molecule has 31 heavy (non-hydrogen) atoms. The average Bonchev–Trinajstić information content (AvgIpc) is 3.52. The molecule has 158 valence electrons. The van der Waals surface area contributed by atoms with E-state index in [9.17, 15) is 0 Å². The Bertz CT molecular complexity index is 1180. The van der Waals surface area contributed by atoms with Crippen molar-refractivity contribution < 1.29 is 4.42 Å². The molecule has 0 amide bonds. The molecule has 0 spiro atoms. The van der Waals surface area contributed by atoms with Crippen LogP contribution in [-0.2, 0) is 13.1 Å².